The lowest BCUT2D eigenvalue weighted by atomic mass is 10.1. The van der Waals surface area contributed by atoms with Crippen LogP contribution in [0.25, 0.3) is 0 Å². The molecule has 0 radical (unpaired) electrons. The summed E-state index contributed by atoms with van der Waals surface area (Å²) in [6.45, 7) is 2.28. The molecule has 0 rings (SSSR count). The third-order valence-electron chi connectivity index (χ3n) is 4.02. The van der Waals surface area contributed by atoms with Crippen LogP contribution < -0.4 is 0 Å². The Morgan fingerprint density at radius 3 is 1.68 bits per heavy atom. The van der Waals surface area contributed by atoms with Crippen molar-refractivity contribution >= 4 is 23.4 Å². The van der Waals surface area contributed by atoms with Crippen molar-refractivity contribution in [3.63, 3.8) is 0 Å². The maximum Gasteiger partial charge on any atom is 0.0314 e. The van der Waals surface area contributed by atoms with E-state index in [1.54, 1.807) is 0 Å². The number of thioether (sulfide) groups is 1. The molecule has 0 unspecified atom stereocenters. The van der Waals surface area contributed by atoms with Crippen LogP contribution in [0.3, 0.4) is 0 Å². The molecule has 0 saturated heterocycles. The van der Waals surface area contributed by atoms with Crippen molar-refractivity contribution < 1.29 is 0 Å². The lowest BCUT2D eigenvalue weighted by Gasteiger charge is -2.01. The van der Waals surface area contributed by atoms with Gasteiger partial charge >= 0.3 is 0 Å². The second-order valence-electron chi connectivity index (χ2n) is 6.24. The van der Waals surface area contributed by atoms with Crippen molar-refractivity contribution in [1.29, 1.82) is 0 Å². The van der Waals surface area contributed by atoms with E-state index in [2.05, 4.69) is 19.1 Å². The first kappa shape index (κ1) is 22.4. The minimum absolute atomic E-state index is 0.803. The molecule has 0 nitrogen and oxygen atoms in total. The molecule has 0 aliphatic rings. The zero-order valence-electron chi connectivity index (χ0n) is 15.0. The number of hydrogen-bond acceptors (Lipinski definition) is 1. The van der Waals surface area contributed by atoms with Crippen LogP contribution in [0.2, 0.25) is 0 Å². The average Bonchev–Trinajstić information content (AvgIpc) is 2.54. The van der Waals surface area contributed by atoms with E-state index in [1.165, 1.54) is 95.6 Å². The van der Waals surface area contributed by atoms with E-state index in [-0.39, 0.29) is 0 Å². The van der Waals surface area contributed by atoms with Crippen molar-refractivity contribution in [2.24, 2.45) is 0 Å². The highest BCUT2D eigenvalue weighted by atomic mass is 35.5. The molecule has 0 bridgehead atoms. The molecule has 0 fully saturated rings. The summed E-state index contributed by atoms with van der Waals surface area (Å²) in [6, 6.07) is 0. The fourth-order valence-corrected chi connectivity index (χ4v) is 3.66. The maximum atomic E-state index is 5.65. The third-order valence-corrected chi connectivity index (χ3v) is 5.51. The second-order valence-corrected chi connectivity index (χ2v) is 7.84. The zero-order valence-corrected chi connectivity index (χ0v) is 16.5. The molecular formula is C20H39ClS. The van der Waals surface area contributed by atoms with Gasteiger partial charge in [0.05, 0.1) is 0 Å². The SMILES string of the molecule is CCCCCCCC/C=C\CCCCCCCCSCCCl. The number of rotatable bonds is 18. The van der Waals surface area contributed by atoms with Gasteiger partial charge < -0.3 is 0 Å². The average molecular weight is 347 g/mol. The second kappa shape index (κ2) is 21.4. The molecule has 0 aromatic heterocycles. The van der Waals surface area contributed by atoms with Crippen LogP contribution in [0, 0.1) is 0 Å². The molecule has 0 saturated carbocycles. The summed E-state index contributed by atoms with van der Waals surface area (Å²) in [7, 11) is 0. The summed E-state index contributed by atoms with van der Waals surface area (Å²) in [6.07, 6.45) is 24.3. The lowest BCUT2D eigenvalue weighted by Crippen LogP contribution is -1.85. The van der Waals surface area contributed by atoms with Gasteiger partial charge in [-0.1, -0.05) is 76.9 Å². The number of halogens is 1. The smallest absolute Gasteiger partial charge is 0.0314 e. The van der Waals surface area contributed by atoms with Gasteiger partial charge in [-0.25, -0.2) is 0 Å². The zero-order chi connectivity index (χ0) is 16.1. The summed E-state index contributed by atoms with van der Waals surface area (Å²) >= 11 is 7.65. The Kier molecular flexibility index (Phi) is 21.7. The molecule has 0 atom stereocenters. The van der Waals surface area contributed by atoms with Gasteiger partial charge in [-0.3, -0.25) is 0 Å². The predicted molar refractivity (Wildman–Crippen MR) is 107 cm³/mol. The fourth-order valence-electron chi connectivity index (χ4n) is 2.61. The number of allylic oxidation sites excluding steroid dienone is 2. The van der Waals surface area contributed by atoms with E-state index >= 15 is 0 Å². The molecular weight excluding hydrogens is 308 g/mol. The first-order chi connectivity index (χ1) is 10.9. The van der Waals surface area contributed by atoms with Crippen LogP contribution >= 0.6 is 23.4 Å². The van der Waals surface area contributed by atoms with E-state index < -0.39 is 0 Å². The van der Waals surface area contributed by atoms with Crippen molar-refractivity contribution in [3.8, 4) is 0 Å². The van der Waals surface area contributed by atoms with Crippen molar-refractivity contribution in [1.82, 2.24) is 0 Å². The number of unbranched alkanes of at least 4 members (excludes halogenated alkanes) is 12. The van der Waals surface area contributed by atoms with Crippen LogP contribution in [-0.2, 0) is 0 Å². The van der Waals surface area contributed by atoms with Crippen LogP contribution in [0.4, 0.5) is 0 Å². The molecule has 2 heteroatoms. The van der Waals surface area contributed by atoms with Crippen molar-refractivity contribution in [2.75, 3.05) is 17.4 Å². The molecule has 22 heavy (non-hydrogen) atoms. The number of hydrogen-bond donors (Lipinski definition) is 0. The Labute approximate surface area is 149 Å². The van der Waals surface area contributed by atoms with Crippen molar-refractivity contribution in [3.05, 3.63) is 12.2 Å². The molecule has 0 heterocycles. The topological polar surface area (TPSA) is 0 Å². The Morgan fingerprint density at radius 1 is 0.636 bits per heavy atom. The third kappa shape index (κ3) is 20.4. The summed E-state index contributed by atoms with van der Waals surface area (Å²) in [4.78, 5) is 0. The Bertz CT molecular complexity index is 216. The summed E-state index contributed by atoms with van der Waals surface area (Å²) in [5, 5.41) is 0. The molecule has 0 aromatic carbocycles. The first-order valence-corrected chi connectivity index (χ1v) is 11.4. The van der Waals surface area contributed by atoms with Crippen LogP contribution in [-0.4, -0.2) is 17.4 Å². The van der Waals surface area contributed by atoms with Gasteiger partial charge in [0.1, 0.15) is 0 Å². The molecule has 0 spiro atoms. The van der Waals surface area contributed by atoms with Gasteiger partial charge in [0.15, 0.2) is 0 Å². The largest absolute Gasteiger partial charge is 0.161 e. The highest BCUT2D eigenvalue weighted by Gasteiger charge is 1.92. The highest BCUT2D eigenvalue weighted by Crippen LogP contribution is 2.11. The maximum absolute atomic E-state index is 5.65. The Morgan fingerprint density at radius 2 is 1.14 bits per heavy atom. The van der Waals surface area contributed by atoms with Gasteiger partial charge in [-0.05, 0) is 37.9 Å². The van der Waals surface area contributed by atoms with Crippen LogP contribution in [0.5, 0.6) is 0 Å². The van der Waals surface area contributed by atoms with Gasteiger partial charge in [-0.15, -0.1) is 11.6 Å². The predicted octanol–water partition coefficient (Wildman–Crippen LogP) is 8.00. The molecule has 0 amide bonds. The summed E-state index contributed by atoms with van der Waals surface area (Å²) in [5.41, 5.74) is 0. The van der Waals surface area contributed by atoms with Crippen LogP contribution in [0.15, 0.2) is 12.2 Å². The van der Waals surface area contributed by atoms with Gasteiger partial charge in [0.25, 0.3) is 0 Å². The molecule has 0 aliphatic carbocycles. The van der Waals surface area contributed by atoms with Crippen molar-refractivity contribution in [2.45, 2.75) is 96.8 Å². The van der Waals surface area contributed by atoms with Gasteiger partial charge in [0, 0.05) is 11.6 Å². The molecule has 132 valence electrons. The number of alkyl halides is 1. The molecule has 0 aliphatic heterocycles. The lowest BCUT2D eigenvalue weighted by molar-refractivity contribution is 0.607. The van der Waals surface area contributed by atoms with E-state index in [0.717, 1.165) is 11.6 Å². The quantitative estimate of drug-likeness (QED) is 0.137. The standard InChI is InChI=1S/C20H39ClS/c1-2-3-4-5-6-7-8-9-10-11-12-13-14-15-16-17-19-22-20-18-21/h9-10H,2-8,11-20H2,1H3/b10-9-. The minimum atomic E-state index is 0.803. The fraction of sp³-hybridized carbons (Fsp3) is 0.900. The monoisotopic (exact) mass is 346 g/mol. The van der Waals surface area contributed by atoms with E-state index in [0.29, 0.717) is 0 Å². The van der Waals surface area contributed by atoms with E-state index in [1.807, 2.05) is 11.8 Å². The Hall–Kier alpha value is 0.380. The molecule has 0 N–H and O–H groups in total. The summed E-state index contributed by atoms with van der Waals surface area (Å²) < 4.78 is 0. The van der Waals surface area contributed by atoms with E-state index in [4.69, 9.17) is 11.6 Å². The van der Waals surface area contributed by atoms with Gasteiger partial charge in [-0.2, -0.15) is 11.8 Å². The molecule has 0 aromatic rings. The van der Waals surface area contributed by atoms with E-state index in [9.17, 15) is 0 Å². The van der Waals surface area contributed by atoms with Gasteiger partial charge in [0.2, 0.25) is 0 Å². The highest BCUT2D eigenvalue weighted by molar-refractivity contribution is 7.99. The Balaban J connectivity index is 3.02. The van der Waals surface area contributed by atoms with Crippen LogP contribution in [0.1, 0.15) is 96.8 Å². The normalized spacial score (nSPS) is 11.5. The summed E-state index contributed by atoms with van der Waals surface area (Å²) in [5.74, 6) is 3.22. The minimum Gasteiger partial charge on any atom is -0.161 e. The first-order valence-electron chi connectivity index (χ1n) is 9.70.